The zero-order valence-electron chi connectivity index (χ0n) is 23.8. The number of hydrogen-bond acceptors (Lipinski definition) is 8. The van der Waals surface area contributed by atoms with Crippen LogP contribution in [0.3, 0.4) is 0 Å². The number of halogens is 4. The van der Waals surface area contributed by atoms with E-state index in [1.165, 1.54) is 12.4 Å². The van der Waals surface area contributed by atoms with Gasteiger partial charge >= 0.3 is 6.18 Å². The van der Waals surface area contributed by atoms with Crippen LogP contribution in [0.15, 0.2) is 73.2 Å². The highest BCUT2D eigenvalue weighted by Gasteiger charge is 2.28. The minimum atomic E-state index is -4.43. The van der Waals surface area contributed by atoms with Gasteiger partial charge in [-0.3, -0.25) is 14.7 Å². The molecule has 0 bridgehead atoms. The van der Waals surface area contributed by atoms with Gasteiger partial charge in [-0.25, -0.2) is 9.97 Å². The number of rotatable bonds is 11. The Morgan fingerprint density at radius 2 is 2.00 bits per heavy atom. The molecule has 2 aromatic heterocycles. The second-order valence-corrected chi connectivity index (χ2v) is 10.6. The number of fused-ring (bicyclic) bond motifs is 1. The first-order valence-corrected chi connectivity index (χ1v) is 14.3. The Hall–Kier alpha value is -4.42. The van der Waals surface area contributed by atoms with Crippen LogP contribution in [0, 0.1) is 0 Å². The van der Waals surface area contributed by atoms with Gasteiger partial charge in [-0.1, -0.05) is 23.7 Å². The molecule has 0 unspecified atom stereocenters. The molecule has 2 N–H and O–H groups in total. The molecule has 2 aromatic carbocycles. The second-order valence-electron chi connectivity index (χ2n) is 10.2. The Morgan fingerprint density at radius 1 is 1.14 bits per heavy atom. The third kappa shape index (κ3) is 8.14. The zero-order chi connectivity index (χ0) is 31.1. The van der Waals surface area contributed by atoms with Crippen molar-refractivity contribution in [2.75, 3.05) is 30.8 Å². The van der Waals surface area contributed by atoms with Crippen molar-refractivity contribution < 1.29 is 27.4 Å². The van der Waals surface area contributed by atoms with Crippen LogP contribution in [0.1, 0.15) is 25.0 Å². The maximum absolute atomic E-state index is 13.0. The molecule has 1 amide bonds. The highest BCUT2D eigenvalue weighted by molar-refractivity contribution is 6.32. The highest BCUT2D eigenvalue weighted by Crippen LogP contribution is 2.39. The fourth-order valence-corrected chi connectivity index (χ4v) is 4.99. The van der Waals surface area contributed by atoms with E-state index in [4.69, 9.17) is 21.1 Å². The molecule has 3 heterocycles. The van der Waals surface area contributed by atoms with Gasteiger partial charge in [0.2, 0.25) is 5.91 Å². The van der Waals surface area contributed by atoms with Crippen molar-refractivity contribution in [3.63, 3.8) is 0 Å². The van der Waals surface area contributed by atoms with Gasteiger partial charge in [0.05, 0.1) is 40.3 Å². The van der Waals surface area contributed by atoms with Gasteiger partial charge in [-0.05, 0) is 68.9 Å². The van der Waals surface area contributed by atoms with Crippen LogP contribution in [0.2, 0.25) is 5.02 Å². The molecule has 0 radical (unpaired) electrons. The Labute approximate surface area is 257 Å². The molecule has 230 valence electrons. The summed E-state index contributed by atoms with van der Waals surface area (Å²) in [5.41, 5.74) is 1.84. The normalized spacial score (nSPS) is 15.5. The molecule has 0 saturated carbocycles. The number of alkyl halides is 3. The van der Waals surface area contributed by atoms with E-state index in [-0.39, 0.29) is 29.9 Å². The summed E-state index contributed by atoms with van der Waals surface area (Å²) < 4.78 is 50.5. The Morgan fingerprint density at radius 3 is 2.73 bits per heavy atom. The summed E-state index contributed by atoms with van der Waals surface area (Å²) in [5.74, 6) is 0.253. The number of amides is 1. The molecule has 1 fully saturated rings. The maximum atomic E-state index is 13.0. The number of anilines is 3. The summed E-state index contributed by atoms with van der Waals surface area (Å²) >= 11 is 6.48. The van der Waals surface area contributed by atoms with Crippen molar-refractivity contribution >= 4 is 45.6 Å². The van der Waals surface area contributed by atoms with Crippen molar-refractivity contribution in [3.05, 3.63) is 83.9 Å². The summed E-state index contributed by atoms with van der Waals surface area (Å²) in [6, 6.07) is 13.8. The molecule has 0 aliphatic carbocycles. The molecular formula is C31H30ClF3N6O3. The predicted molar refractivity (Wildman–Crippen MR) is 162 cm³/mol. The van der Waals surface area contributed by atoms with Gasteiger partial charge < -0.3 is 20.1 Å². The number of hydrogen-bond donors (Lipinski definition) is 2. The lowest BCUT2D eigenvalue weighted by atomic mass is 10.1. The molecule has 0 spiro atoms. The van der Waals surface area contributed by atoms with Crippen LogP contribution < -0.4 is 20.1 Å². The van der Waals surface area contributed by atoms with Gasteiger partial charge in [0, 0.05) is 24.0 Å². The van der Waals surface area contributed by atoms with E-state index in [1.807, 2.05) is 31.3 Å². The Bertz CT molecular complexity index is 1640. The van der Waals surface area contributed by atoms with Crippen LogP contribution in [0.5, 0.6) is 11.5 Å². The topological polar surface area (TPSA) is 102 Å². The number of pyridine rings is 1. The standard InChI is InChI=1S/C31H30ClF3N6O3/c1-41-15-4-6-22(41)8-12-27(42)40-25-10-9-24-28(29(25)43-16-13-31(33,34)35)30(38-19-37-24)39-20-7-11-26(23(32)17-20)44-18-21-5-2-3-14-36-21/h2-3,5,7-12,14,17,19,22H,4,6,13,15-16,18H2,1H3,(H,40,42)(H,37,38,39)/b12-8+/t22-/m1/s1. The first-order chi connectivity index (χ1) is 21.2. The van der Waals surface area contributed by atoms with Gasteiger partial charge in [0.1, 0.15) is 24.5 Å². The number of aromatic nitrogens is 3. The molecule has 9 nitrogen and oxygen atoms in total. The number of carbonyl (C=O) groups is 1. The minimum absolute atomic E-state index is 0.0102. The first-order valence-electron chi connectivity index (χ1n) is 13.9. The lowest BCUT2D eigenvalue weighted by molar-refractivity contribution is -0.139. The number of nitrogens with one attached hydrogen (secondary N) is 2. The van der Waals surface area contributed by atoms with E-state index < -0.39 is 25.1 Å². The molecule has 1 aliphatic rings. The van der Waals surface area contributed by atoms with Crippen molar-refractivity contribution in [2.24, 2.45) is 0 Å². The summed E-state index contributed by atoms with van der Waals surface area (Å²) in [7, 11) is 1.99. The van der Waals surface area contributed by atoms with E-state index in [2.05, 4.69) is 30.5 Å². The summed E-state index contributed by atoms with van der Waals surface area (Å²) in [6.45, 7) is 0.501. The van der Waals surface area contributed by atoms with E-state index in [9.17, 15) is 18.0 Å². The average molecular weight is 627 g/mol. The third-order valence-corrected chi connectivity index (χ3v) is 7.28. The van der Waals surface area contributed by atoms with Gasteiger partial charge in [0.25, 0.3) is 0 Å². The van der Waals surface area contributed by atoms with Crippen molar-refractivity contribution in [1.82, 2.24) is 19.9 Å². The monoisotopic (exact) mass is 626 g/mol. The minimum Gasteiger partial charge on any atom is -0.490 e. The molecule has 4 aromatic rings. The smallest absolute Gasteiger partial charge is 0.392 e. The summed E-state index contributed by atoms with van der Waals surface area (Å²) in [4.78, 5) is 27.8. The molecule has 13 heteroatoms. The first kappa shape index (κ1) is 31.0. The molecule has 5 rings (SSSR count). The van der Waals surface area contributed by atoms with Crippen LogP contribution in [0.25, 0.3) is 10.9 Å². The number of carbonyl (C=O) groups excluding carboxylic acids is 1. The average Bonchev–Trinajstić information content (AvgIpc) is 3.41. The number of nitrogens with zero attached hydrogens (tertiary/aromatic N) is 4. The summed E-state index contributed by atoms with van der Waals surface area (Å²) in [6.07, 6.45) is 2.59. The fourth-order valence-electron chi connectivity index (χ4n) is 4.75. The lowest BCUT2D eigenvalue weighted by Gasteiger charge is -2.18. The van der Waals surface area contributed by atoms with Crippen LogP contribution in [0.4, 0.5) is 30.4 Å². The van der Waals surface area contributed by atoms with Crippen molar-refractivity contribution in [3.8, 4) is 11.5 Å². The van der Waals surface area contributed by atoms with Crippen molar-refractivity contribution in [1.29, 1.82) is 0 Å². The number of benzene rings is 2. The Balaban J connectivity index is 1.41. The lowest BCUT2D eigenvalue weighted by Crippen LogP contribution is -2.23. The fraction of sp³-hybridized carbons (Fsp3) is 0.290. The number of ether oxygens (including phenoxy) is 2. The maximum Gasteiger partial charge on any atom is 0.392 e. The molecule has 1 aliphatic heterocycles. The third-order valence-electron chi connectivity index (χ3n) is 6.99. The van der Waals surface area contributed by atoms with Crippen LogP contribution in [-0.4, -0.2) is 58.2 Å². The van der Waals surface area contributed by atoms with Gasteiger partial charge in [-0.15, -0.1) is 0 Å². The highest BCUT2D eigenvalue weighted by atomic mass is 35.5. The van der Waals surface area contributed by atoms with Crippen LogP contribution >= 0.6 is 11.6 Å². The van der Waals surface area contributed by atoms with Crippen molar-refractivity contribution in [2.45, 2.75) is 38.1 Å². The van der Waals surface area contributed by atoms with E-state index in [0.717, 1.165) is 25.1 Å². The van der Waals surface area contributed by atoms with Gasteiger partial charge in [-0.2, -0.15) is 13.2 Å². The number of likely N-dealkylation sites (tertiary alicyclic amines) is 1. The van der Waals surface area contributed by atoms with Crippen LogP contribution in [-0.2, 0) is 11.4 Å². The van der Waals surface area contributed by atoms with E-state index in [0.29, 0.717) is 27.4 Å². The zero-order valence-corrected chi connectivity index (χ0v) is 24.5. The quantitative estimate of drug-likeness (QED) is 0.173. The molecule has 44 heavy (non-hydrogen) atoms. The van der Waals surface area contributed by atoms with Gasteiger partial charge in [0.15, 0.2) is 5.75 Å². The van der Waals surface area contributed by atoms with E-state index in [1.54, 1.807) is 36.5 Å². The molecular weight excluding hydrogens is 597 g/mol. The Kier molecular flexibility index (Phi) is 9.81. The summed E-state index contributed by atoms with van der Waals surface area (Å²) in [5, 5.41) is 6.50. The predicted octanol–water partition coefficient (Wildman–Crippen LogP) is 6.92. The molecule has 1 saturated heterocycles. The largest absolute Gasteiger partial charge is 0.490 e. The SMILES string of the molecule is CN1CCC[C@@H]1/C=C/C(=O)Nc1ccc2ncnc(Nc3ccc(OCc4ccccn4)c(Cl)c3)c2c1OCCC(F)(F)F. The van der Waals surface area contributed by atoms with E-state index >= 15 is 0 Å². The second kappa shape index (κ2) is 13.9. The number of likely N-dealkylation sites (N-methyl/N-ethyl adjacent to an activating group) is 1. The molecule has 1 atom stereocenters.